The van der Waals surface area contributed by atoms with Crippen LogP contribution in [0.4, 0.5) is 0 Å². The number of hydrogen-bond donors (Lipinski definition) is 2. The summed E-state index contributed by atoms with van der Waals surface area (Å²) in [6.07, 6.45) is 2.21. The summed E-state index contributed by atoms with van der Waals surface area (Å²) in [5.74, 6) is -1.39. The van der Waals surface area contributed by atoms with Crippen LogP contribution in [0.2, 0.25) is 0 Å². The van der Waals surface area contributed by atoms with Crippen LogP contribution in [0.1, 0.15) is 17.8 Å². The quantitative estimate of drug-likeness (QED) is 0.791. The van der Waals surface area contributed by atoms with Gasteiger partial charge in [0.25, 0.3) is 0 Å². The lowest BCUT2D eigenvalue weighted by Gasteiger charge is -2.13. The number of nitrogens with one attached hydrogen (secondary N) is 1. The molecule has 2 heterocycles. The van der Waals surface area contributed by atoms with Crippen molar-refractivity contribution in [2.24, 2.45) is 0 Å². The number of imidazole rings is 1. The molecule has 2 rings (SSSR count). The Bertz CT molecular complexity index is 649. The number of methoxy groups -OCH3 is 1. The number of carboxylic acids is 1. The maximum atomic E-state index is 12.0. The van der Waals surface area contributed by atoms with Gasteiger partial charge in [-0.1, -0.05) is 0 Å². The van der Waals surface area contributed by atoms with Crippen LogP contribution in [0.3, 0.4) is 0 Å². The van der Waals surface area contributed by atoms with Crippen molar-refractivity contribution in [3.63, 3.8) is 0 Å². The molecule has 0 fully saturated rings. The number of hydrogen-bond acceptors (Lipinski definition) is 5. The molecule has 2 aromatic heterocycles. The molecule has 21 heavy (non-hydrogen) atoms. The second kappa shape index (κ2) is 6.68. The highest BCUT2D eigenvalue weighted by atomic mass is 32.1. The van der Waals surface area contributed by atoms with Gasteiger partial charge in [0.15, 0.2) is 4.96 Å². The second-order valence-corrected chi connectivity index (χ2v) is 5.52. The van der Waals surface area contributed by atoms with E-state index in [0.29, 0.717) is 0 Å². The molecule has 0 aliphatic carbocycles. The number of amides is 1. The third-order valence-corrected chi connectivity index (χ3v) is 3.88. The summed E-state index contributed by atoms with van der Waals surface area (Å²) in [6, 6.07) is -0.934. The molecule has 8 heteroatoms. The van der Waals surface area contributed by atoms with Gasteiger partial charge >= 0.3 is 5.97 Å². The molecule has 0 aliphatic rings. The molecule has 0 bridgehead atoms. The molecule has 114 valence electrons. The van der Waals surface area contributed by atoms with E-state index in [9.17, 15) is 9.59 Å². The lowest BCUT2D eigenvalue weighted by molar-refractivity contribution is -0.142. The van der Waals surface area contributed by atoms with Crippen LogP contribution >= 0.6 is 11.3 Å². The van der Waals surface area contributed by atoms with E-state index in [1.54, 1.807) is 0 Å². The zero-order valence-electron chi connectivity index (χ0n) is 11.8. The van der Waals surface area contributed by atoms with Crippen LogP contribution in [-0.2, 0) is 20.7 Å². The van der Waals surface area contributed by atoms with Gasteiger partial charge in [-0.25, -0.2) is 9.78 Å². The predicted molar refractivity (Wildman–Crippen MR) is 77.6 cm³/mol. The first-order chi connectivity index (χ1) is 10.0. The Morgan fingerprint density at radius 2 is 2.33 bits per heavy atom. The first-order valence-electron chi connectivity index (χ1n) is 6.44. The lowest BCUT2D eigenvalue weighted by Crippen LogP contribution is -2.42. The molecule has 1 atom stereocenters. The fourth-order valence-corrected chi connectivity index (χ4v) is 2.89. The van der Waals surface area contributed by atoms with E-state index < -0.39 is 12.0 Å². The molecule has 0 spiro atoms. The number of fused-ring (bicyclic) bond motifs is 1. The number of aryl methyl sites for hydroxylation is 1. The molecule has 2 aromatic rings. The van der Waals surface area contributed by atoms with Crippen molar-refractivity contribution >= 4 is 28.2 Å². The highest BCUT2D eigenvalue weighted by Crippen LogP contribution is 2.16. The number of ether oxygens (including phenoxy) is 1. The van der Waals surface area contributed by atoms with E-state index in [0.717, 1.165) is 16.3 Å². The zero-order chi connectivity index (χ0) is 15.4. The first kappa shape index (κ1) is 15.5. The van der Waals surface area contributed by atoms with E-state index in [-0.39, 0.29) is 25.4 Å². The molecular weight excluding hydrogens is 294 g/mol. The van der Waals surface area contributed by atoms with Crippen LogP contribution in [0.25, 0.3) is 4.96 Å². The Balaban J connectivity index is 2.01. The van der Waals surface area contributed by atoms with E-state index in [1.807, 2.05) is 22.9 Å². The summed E-state index contributed by atoms with van der Waals surface area (Å²) in [5, 5.41) is 13.4. The molecule has 0 saturated carbocycles. The van der Waals surface area contributed by atoms with Crippen molar-refractivity contribution in [3.8, 4) is 0 Å². The van der Waals surface area contributed by atoms with Crippen molar-refractivity contribution in [1.29, 1.82) is 0 Å². The number of carbonyl (C=O) groups is 2. The van der Waals surface area contributed by atoms with E-state index in [4.69, 9.17) is 9.84 Å². The number of rotatable bonds is 7. The SMILES string of the molecule is COCCC(NC(=O)Cc1csc2nc(C)cn12)C(=O)O. The summed E-state index contributed by atoms with van der Waals surface area (Å²) in [7, 11) is 1.49. The normalized spacial score (nSPS) is 12.5. The topological polar surface area (TPSA) is 92.9 Å². The molecular formula is C13H17N3O4S. The van der Waals surface area contributed by atoms with Gasteiger partial charge in [-0.2, -0.15) is 0 Å². The van der Waals surface area contributed by atoms with Crippen LogP contribution in [0.5, 0.6) is 0 Å². The van der Waals surface area contributed by atoms with Gasteiger partial charge in [0.2, 0.25) is 5.91 Å². The number of thiazole rings is 1. The minimum absolute atomic E-state index is 0.118. The molecule has 2 N–H and O–H groups in total. The smallest absolute Gasteiger partial charge is 0.326 e. The summed E-state index contributed by atoms with van der Waals surface area (Å²) in [6.45, 7) is 2.16. The predicted octanol–water partition coefficient (Wildman–Crippen LogP) is 0.853. The molecule has 0 aliphatic heterocycles. The number of nitrogens with zero attached hydrogens (tertiary/aromatic N) is 2. The van der Waals surface area contributed by atoms with Crippen molar-refractivity contribution in [1.82, 2.24) is 14.7 Å². The second-order valence-electron chi connectivity index (χ2n) is 4.68. The molecule has 1 unspecified atom stereocenters. The van der Waals surface area contributed by atoms with E-state index in [2.05, 4.69) is 10.3 Å². The zero-order valence-corrected chi connectivity index (χ0v) is 12.6. The minimum Gasteiger partial charge on any atom is -0.480 e. The third kappa shape index (κ3) is 3.79. The summed E-state index contributed by atoms with van der Waals surface area (Å²) >= 11 is 1.45. The molecule has 1 amide bonds. The number of carboxylic acid groups (broad SMARTS) is 1. The van der Waals surface area contributed by atoms with Crippen LogP contribution in [0, 0.1) is 6.92 Å². The lowest BCUT2D eigenvalue weighted by atomic mass is 10.2. The van der Waals surface area contributed by atoms with Gasteiger partial charge in [0, 0.05) is 37.4 Å². The van der Waals surface area contributed by atoms with Gasteiger partial charge in [-0.15, -0.1) is 11.3 Å². The third-order valence-electron chi connectivity index (χ3n) is 2.99. The monoisotopic (exact) mass is 311 g/mol. The number of carbonyl (C=O) groups excluding carboxylic acids is 1. The van der Waals surface area contributed by atoms with Crippen molar-refractivity contribution < 1.29 is 19.4 Å². The Labute approximate surface area is 125 Å². The largest absolute Gasteiger partial charge is 0.480 e. The maximum absolute atomic E-state index is 12.0. The molecule has 7 nitrogen and oxygen atoms in total. The van der Waals surface area contributed by atoms with Crippen LogP contribution < -0.4 is 5.32 Å². The summed E-state index contributed by atoms with van der Waals surface area (Å²) in [4.78, 5) is 28.2. The van der Waals surface area contributed by atoms with Crippen molar-refractivity contribution in [3.05, 3.63) is 23.0 Å². The van der Waals surface area contributed by atoms with Gasteiger partial charge in [0.1, 0.15) is 6.04 Å². The number of aliphatic carboxylic acids is 1. The Kier molecular flexibility index (Phi) is 4.92. The Morgan fingerprint density at radius 1 is 1.57 bits per heavy atom. The van der Waals surface area contributed by atoms with Gasteiger partial charge < -0.3 is 15.2 Å². The molecule has 0 radical (unpaired) electrons. The Morgan fingerprint density at radius 3 is 3.00 bits per heavy atom. The van der Waals surface area contributed by atoms with Crippen molar-refractivity contribution in [2.45, 2.75) is 25.8 Å². The summed E-state index contributed by atoms with van der Waals surface area (Å²) < 4.78 is 6.70. The summed E-state index contributed by atoms with van der Waals surface area (Å²) in [5.41, 5.74) is 1.68. The van der Waals surface area contributed by atoms with Gasteiger partial charge in [-0.05, 0) is 6.92 Å². The first-order valence-corrected chi connectivity index (χ1v) is 7.32. The fourth-order valence-electron chi connectivity index (χ4n) is 1.97. The standard InChI is InChI=1S/C13H17N3O4S/c1-8-6-16-9(7-21-13(16)14-8)5-11(17)15-10(12(18)19)3-4-20-2/h6-7,10H,3-5H2,1-2H3,(H,15,17)(H,18,19). The van der Waals surface area contributed by atoms with Gasteiger partial charge in [-0.3, -0.25) is 9.20 Å². The average molecular weight is 311 g/mol. The minimum atomic E-state index is -1.06. The van der Waals surface area contributed by atoms with Crippen LogP contribution in [-0.4, -0.2) is 46.1 Å². The number of aromatic nitrogens is 2. The Hall–Kier alpha value is -1.93. The molecule has 0 saturated heterocycles. The van der Waals surface area contributed by atoms with E-state index in [1.165, 1.54) is 18.4 Å². The van der Waals surface area contributed by atoms with E-state index >= 15 is 0 Å². The molecule has 0 aromatic carbocycles. The average Bonchev–Trinajstić information content (AvgIpc) is 2.95. The fraction of sp³-hybridized carbons (Fsp3) is 0.462. The maximum Gasteiger partial charge on any atom is 0.326 e. The van der Waals surface area contributed by atoms with Gasteiger partial charge in [0.05, 0.1) is 12.1 Å². The highest BCUT2D eigenvalue weighted by Gasteiger charge is 2.20. The van der Waals surface area contributed by atoms with Crippen molar-refractivity contribution in [2.75, 3.05) is 13.7 Å². The highest BCUT2D eigenvalue weighted by molar-refractivity contribution is 7.15. The van der Waals surface area contributed by atoms with Crippen LogP contribution in [0.15, 0.2) is 11.6 Å².